The highest BCUT2D eigenvalue weighted by molar-refractivity contribution is 5.76. The van der Waals surface area contributed by atoms with Gasteiger partial charge in [-0.05, 0) is 50.7 Å². The molecule has 3 amide bonds. The number of likely N-dealkylation sites (tertiary alicyclic amines) is 1. The van der Waals surface area contributed by atoms with Crippen LogP contribution >= 0.6 is 0 Å². The number of carbonyl (C=O) groups excluding carboxylic acids is 2. The minimum Gasteiger partial charge on any atom is -0.491 e. The van der Waals surface area contributed by atoms with E-state index in [0.717, 1.165) is 55.1 Å². The fourth-order valence-corrected chi connectivity index (χ4v) is 3.78. The standard InChI is InChI=1S/C22H33N3O3/c1-16(2)23-22(27)25-12-13-28-20-6-4-18(14-19(20)15-25)5-7-21(26)24-10-8-17(3)9-11-24/h4,6,14,16-17H,5,7-13,15H2,1-3H3,(H,23,27). The number of urea groups is 1. The van der Waals surface area contributed by atoms with E-state index >= 15 is 0 Å². The molecule has 3 rings (SSSR count). The van der Waals surface area contributed by atoms with Crippen molar-refractivity contribution in [1.29, 1.82) is 0 Å². The molecule has 0 bridgehead atoms. The van der Waals surface area contributed by atoms with Crippen molar-refractivity contribution in [2.45, 2.75) is 59.0 Å². The number of carbonyl (C=O) groups is 2. The van der Waals surface area contributed by atoms with Crippen molar-refractivity contribution in [3.05, 3.63) is 29.3 Å². The Morgan fingerprint density at radius 2 is 1.93 bits per heavy atom. The van der Waals surface area contributed by atoms with Gasteiger partial charge in [0, 0.05) is 31.1 Å². The first-order chi connectivity index (χ1) is 13.4. The first kappa shape index (κ1) is 20.5. The largest absolute Gasteiger partial charge is 0.491 e. The van der Waals surface area contributed by atoms with E-state index in [0.29, 0.717) is 26.1 Å². The highest BCUT2D eigenvalue weighted by Gasteiger charge is 2.22. The number of fused-ring (bicyclic) bond motifs is 1. The Balaban J connectivity index is 1.60. The van der Waals surface area contributed by atoms with E-state index in [9.17, 15) is 9.59 Å². The summed E-state index contributed by atoms with van der Waals surface area (Å²) in [6.07, 6.45) is 3.47. The van der Waals surface area contributed by atoms with E-state index in [1.165, 1.54) is 0 Å². The second-order valence-corrected chi connectivity index (χ2v) is 8.38. The molecule has 0 aliphatic carbocycles. The molecule has 154 valence electrons. The van der Waals surface area contributed by atoms with E-state index in [1.54, 1.807) is 4.90 Å². The molecule has 0 saturated carbocycles. The van der Waals surface area contributed by atoms with Gasteiger partial charge in [-0.3, -0.25) is 4.79 Å². The maximum atomic E-state index is 12.5. The molecule has 0 unspecified atom stereocenters. The van der Waals surface area contributed by atoms with Gasteiger partial charge in [0.1, 0.15) is 12.4 Å². The molecule has 2 aliphatic rings. The van der Waals surface area contributed by atoms with Gasteiger partial charge in [-0.2, -0.15) is 0 Å². The summed E-state index contributed by atoms with van der Waals surface area (Å²) in [5, 5.41) is 2.95. The van der Waals surface area contributed by atoms with E-state index in [4.69, 9.17) is 4.74 Å². The Bertz CT molecular complexity index is 696. The molecule has 1 saturated heterocycles. The number of ether oxygens (including phenoxy) is 1. The zero-order valence-corrected chi connectivity index (χ0v) is 17.4. The molecule has 2 heterocycles. The number of rotatable bonds is 4. The number of nitrogens with one attached hydrogen (secondary N) is 1. The molecular weight excluding hydrogens is 354 g/mol. The van der Waals surface area contributed by atoms with Gasteiger partial charge in [0.05, 0.1) is 13.1 Å². The SMILES string of the molecule is CC1CCN(C(=O)CCc2ccc3c(c2)CN(C(=O)NC(C)C)CCO3)CC1. The smallest absolute Gasteiger partial charge is 0.318 e. The van der Waals surface area contributed by atoms with E-state index in [-0.39, 0.29) is 18.0 Å². The molecule has 6 nitrogen and oxygen atoms in total. The van der Waals surface area contributed by atoms with Crippen LogP contribution in [0.5, 0.6) is 5.75 Å². The van der Waals surface area contributed by atoms with Crippen LogP contribution in [0, 0.1) is 5.92 Å². The number of hydrogen-bond acceptors (Lipinski definition) is 3. The number of piperidine rings is 1. The molecule has 1 aromatic carbocycles. The molecule has 6 heteroatoms. The normalized spacial score (nSPS) is 17.7. The fourth-order valence-electron chi connectivity index (χ4n) is 3.78. The molecule has 0 atom stereocenters. The van der Waals surface area contributed by atoms with Gasteiger partial charge < -0.3 is 19.9 Å². The van der Waals surface area contributed by atoms with Crippen LogP contribution in [0.25, 0.3) is 0 Å². The van der Waals surface area contributed by atoms with Crippen molar-refractivity contribution >= 4 is 11.9 Å². The zero-order valence-electron chi connectivity index (χ0n) is 17.4. The number of amides is 3. The maximum absolute atomic E-state index is 12.5. The van der Waals surface area contributed by atoms with Crippen molar-refractivity contribution < 1.29 is 14.3 Å². The van der Waals surface area contributed by atoms with Crippen LogP contribution < -0.4 is 10.1 Å². The molecule has 0 radical (unpaired) electrons. The average molecular weight is 388 g/mol. The van der Waals surface area contributed by atoms with Crippen LogP contribution in [-0.4, -0.2) is 54.0 Å². The van der Waals surface area contributed by atoms with Gasteiger partial charge >= 0.3 is 6.03 Å². The summed E-state index contributed by atoms with van der Waals surface area (Å²) in [7, 11) is 0. The van der Waals surface area contributed by atoms with E-state index in [1.807, 2.05) is 30.9 Å². The van der Waals surface area contributed by atoms with Crippen molar-refractivity contribution in [1.82, 2.24) is 15.1 Å². The minimum absolute atomic E-state index is 0.0636. The Kier molecular flexibility index (Phi) is 6.81. The van der Waals surface area contributed by atoms with Gasteiger partial charge in [0.15, 0.2) is 0 Å². The first-order valence-electron chi connectivity index (χ1n) is 10.5. The summed E-state index contributed by atoms with van der Waals surface area (Å²) in [6.45, 7) is 9.52. The Hall–Kier alpha value is -2.24. The topological polar surface area (TPSA) is 61.9 Å². The summed E-state index contributed by atoms with van der Waals surface area (Å²) >= 11 is 0. The van der Waals surface area contributed by atoms with Gasteiger partial charge in [-0.25, -0.2) is 4.79 Å². The Labute approximate surface area is 168 Å². The second kappa shape index (κ2) is 9.30. The fraction of sp³-hybridized carbons (Fsp3) is 0.636. The predicted octanol–water partition coefficient (Wildman–Crippen LogP) is 3.19. The van der Waals surface area contributed by atoms with Crippen molar-refractivity contribution in [2.75, 3.05) is 26.2 Å². The van der Waals surface area contributed by atoms with Gasteiger partial charge in [0.25, 0.3) is 0 Å². The van der Waals surface area contributed by atoms with Crippen molar-refractivity contribution in [2.24, 2.45) is 5.92 Å². The first-order valence-corrected chi connectivity index (χ1v) is 10.5. The van der Waals surface area contributed by atoms with Gasteiger partial charge in [0.2, 0.25) is 5.91 Å². The monoisotopic (exact) mass is 387 g/mol. The molecular formula is C22H33N3O3. The third-order valence-corrected chi connectivity index (χ3v) is 5.57. The van der Waals surface area contributed by atoms with Crippen molar-refractivity contribution in [3.8, 4) is 5.75 Å². The van der Waals surface area contributed by atoms with Crippen LogP contribution in [-0.2, 0) is 17.8 Å². The molecule has 1 aromatic rings. The quantitative estimate of drug-likeness (QED) is 0.863. The summed E-state index contributed by atoms with van der Waals surface area (Å²) in [5.41, 5.74) is 2.13. The highest BCUT2D eigenvalue weighted by atomic mass is 16.5. The summed E-state index contributed by atoms with van der Waals surface area (Å²) in [4.78, 5) is 28.7. The lowest BCUT2D eigenvalue weighted by atomic mass is 9.98. The number of benzene rings is 1. The van der Waals surface area contributed by atoms with Gasteiger partial charge in [-0.15, -0.1) is 0 Å². The summed E-state index contributed by atoms with van der Waals surface area (Å²) < 4.78 is 5.82. The Morgan fingerprint density at radius 1 is 1.18 bits per heavy atom. The zero-order chi connectivity index (χ0) is 20.1. The average Bonchev–Trinajstić information content (AvgIpc) is 2.88. The number of nitrogens with zero attached hydrogens (tertiary/aromatic N) is 2. The molecule has 1 fully saturated rings. The summed E-state index contributed by atoms with van der Waals surface area (Å²) in [5.74, 6) is 1.81. The molecule has 28 heavy (non-hydrogen) atoms. The molecule has 0 spiro atoms. The summed E-state index contributed by atoms with van der Waals surface area (Å²) in [6, 6.07) is 6.13. The lowest BCUT2D eigenvalue weighted by Gasteiger charge is -2.30. The number of aryl methyl sites for hydroxylation is 1. The van der Waals surface area contributed by atoms with Crippen LogP contribution in [0.15, 0.2) is 18.2 Å². The van der Waals surface area contributed by atoms with Gasteiger partial charge in [-0.1, -0.05) is 19.1 Å². The molecule has 1 N–H and O–H groups in total. The Morgan fingerprint density at radius 3 is 2.64 bits per heavy atom. The predicted molar refractivity (Wildman–Crippen MR) is 109 cm³/mol. The van der Waals surface area contributed by atoms with Crippen LogP contribution in [0.3, 0.4) is 0 Å². The molecule has 0 aromatic heterocycles. The van der Waals surface area contributed by atoms with E-state index in [2.05, 4.69) is 18.3 Å². The van der Waals surface area contributed by atoms with E-state index < -0.39 is 0 Å². The lowest BCUT2D eigenvalue weighted by Crippen LogP contribution is -2.43. The maximum Gasteiger partial charge on any atom is 0.318 e. The molecule has 2 aliphatic heterocycles. The van der Waals surface area contributed by atoms with Crippen LogP contribution in [0.1, 0.15) is 51.2 Å². The van der Waals surface area contributed by atoms with Crippen molar-refractivity contribution in [3.63, 3.8) is 0 Å². The second-order valence-electron chi connectivity index (χ2n) is 8.38. The minimum atomic E-state index is -0.0636. The lowest BCUT2D eigenvalue weighted by molar-refractivity contribution is -0.132. The highest BCUT2D eigenvalue weighted by Crippen LogP contribution is 2.25. The van der Waals surface area contributed by atoms with Crippen LogP contribution in [0.2, 0.25) is 0 Å². The number of hydrogen-bond donors (Lipinski definition) is 1. The van der Waals surface area contributed by atoms with Crippen LogP contribution in [0.4, 0.5) is 4.79 Å². The third-order valence-electron chi connectivity index (χ3n) is 5.57. The third kappa shape index (κ3) is 5.40.